The van der Waals surface area contributed by atoms with Crippen LogP contribution in [0.15, 0.2) is 36.7 Å². The molecule has 2 aromatic heterocycles. The van der Waals surface area contributed by atoms with E-state index in [1.165, 1.54) is 0 Å². The Bertz CT molecular complexity index is 703. The smallest absolute Gasteiger partial charge is 0.223 e. The fourth-order valence-electron chi connectivity index (χ4n) is 1.85. The Hall–Kier alpha value is -2.63. The predicted molar refractivity (Wildman–Crippen MR) is 70.6 cm³/mol. The van der Waals surface area contributed by atoms with Crippen LogP contribution in [0.3, 0.4) is 0 Å². The van der Waals surface area contributed by atoms with Crippen molar-refractivity contribution in [2.75, 3.05) is 18.1 Å². The second-order valence-electron chi connectivity index (χ2n) is 3.82. The van der Waals surface area contributed by atoms with Gasteiger partial charge in [-0.3, -0.25) is 4.57 Å². The van der Waals surface area contributed by atoms with Crippen LogP contribution in [-0.4, -0.2) is 26.6 Å². The van der Waals surface area contributed by atoms with Crippen molar-refractivity contribution in [2.24, 2.45) is 0 Å². The molecule has 0 amide bonds. The number of imidazole rings is 1. The largest absolute Gasteiger partial charge is 0.373 e. The molecule has 6 nitrogen and oxygen atoms in total. The molecule has 0 bridgehead atoms. The average Bonchev–Trinajstić information content (AvgIpc) is 2.81. The summed E-state index contributed by atoms with van der Waals surface area (Å²) in [7, 11) is 1.79. The molecular formula is C12H12N6. The number of anilines is 2. The van der Waals surface area contributed by atoms with Crippen LogP contribution in [-0.2, 0) is 0 Å². The Kier molecular flexibility index (Phi) is 2.33. The number of hydrogen-bond acceptors (Lipinski definition) is 5. The predicted octanol–water partition coefficient (Wildman–Crippen LogP) is 1.44. The highest BCUT2D eigenvalue weighted by atomic mass is 15.2. The second-order valence-corrected chi connectivity index (χ2v) is 3.82. The number of nitrogens with one attached hydrogen (secondary N) is 1. The van der Waals surface area contributed by atoms with Crippen molar-refractivity contribution in [3.05, 3.63) is 36.7 Å². The van der Waals surface area contributed by atoms with Crippen LogP contribution in [0.1, 0.15) is 0 Å². The third-order valence-electron chi connectivity index (χ3n) is 2.69. The molecule has 3 N–H and O–H groups in total. The van der Waals surface area contributed by atoms with Gasteiger partial charge in [0, 0.05) is 13.1 Å². The van der Waals surface area contributed by atoms with Gasteiger partial charge in [-0.1, -0.05) is 12.1 Å². The van der Waals surface area contributed by atoms with E-state index in [0.717, 1.165) is 11.0 Å². The highest BCUT2D eigenvalue weighted by Gasteiger charge is 2.07. The summed E-state index contributed by atoms with van der Waals surface area (Å²) in [5.74, 6) is 1.60. The molecule has 3 rings (SSSR count). The molecule has 0 saturated heterocycles. The summed E-state index contributed by atoms with van der Waals surface area (Å²) >= 11 is 0. The molecule has 0 spiro atoms. The van der Waals surface area contributed by atoms with Gasteiger partial charge < -0.3 is 11.1 Å². The number of para-hydroxylation sites is 2. The van der Waals surface area contributed by atoms with E-state index in [2.05, 4.69) is 20.3 Å². The van der Waals surface area contributed by atoms with Crippen molar-refractivity contribution in [1.82, 2.24) is 19.5 Å². The maximum Gasteiger partial charge on any atom is 0.223 e. The van der Waals surface area contributed by atoms with E-state index >= 15 is 0 Å². The maximum atomic E-state index is 5.69. The molecule has 18 heavy (non-hydrogen) atoms. The molecular weight excluding hydrogens is 228 g/mol. The summed E-state index contributed by atoms with van der Waals surface area (Å²) in [5.41, 5.74) is 7.59. The summed E-state index contributed by atoms with van der Waals surface area (Å²) < 4.78 is 1.88. The monoisotopic (exact) mass is 240 g/mol. The summed E-state index contributed by atoms with van der Waals surface area (Å²) in [6, 6.07) is 9.68. The molecule has 0 fully saturated rings. The highest BCUT2D eigenvalue weighted by Crippen LogP contribution is 2.18. The van der Waals surface area contributed by atoms with Crippen LogP contribution in [0.4, 0.5) is 11.8 Å². The van der Waals surface area contributed by atoms with E-state index < -0.39 is 0 Å². The van der Waals surface area contributed by atoms with E-state index in [-0.39, 0.29) is 5.95 Å². The molecule has 2 heterocycles. The van der Waals surface area contributed by atoms with E-state index in [1.54, 1.807) is 13.4 Å². The summed E-state index contributed by atoms with van der Waals surface area (Å²) in [6.07, 6.45) is 1.73. The number of fused-ring (bicyclic) bond motifs is 1. The standard InChI is InChI=1S/C12H12N6/c1-14-10-6-11(17-12(13)16-10)18-7-15-8-4-2-3-5-9(8)18/h2-7H,1H3,(H3,13,14,16,17). The molecule has 0 unspecified atom stereocenters. The van der Waals surface area contributed by atoms with Crippen molar-refractivity contribution < 1.29 is 0 Å². The molecule has 1 aromatic carbocycles. The summed E-state index contributed by atoms with van der Waals surface area (Å²) in [6.45, 7) is 0. The molecule has 0 radical (unpaired) electrons. The van der Waals surface area contributed by atoms with Gasteiger partial charge in [-0.05, 0) is 12.1 Å². The first-order valence-corrected chi connectivity index (χ1v) is 5.53. The number of rotatable bonds is 2. The first kappa shape index (κ1) is 10.5. The lowest BCUT2D eigenvalue weighted by Gasteiger charge is -2.06. The van der Waals surface area contributed by atoms with Crippen LogP contribution >= 0.6 is 0 Å². The zero-order valence-corrected chi connectivity index (χ0v) is 9.83. The van der Waals surface area contributed by atoms with Crippen molar-refractivity contribution in [1.29, 1.82) is 0 Å². The average molecular weight is 240 g/mol. The van der Waals surface area contributed by atoms with Gasteiger partial charge in [-0.15, -0.1) is 0 Å². The Balaban J connectivity index is 2.22. The van der Waals surface area contributed by atoms with Gasteiger partial charge in [-0.2, -0.15) is 9.97 Å². The van der Waals surface area contributed by atoms with Gasteiger partial charge in [0.05, 0.1) is 11.0 Å². The second kappa shape index (κ2) is 3.99. The van der Waals surface area contributed by atoms with E-state index in [1.807, 2.05) is 34.9 Å². The fraction of sp³-hybridized carbons (Fsp3) is 0.0833. The van der Waals surface area contributed by atoms with Gasteiger partial charge in [0.2, 0.25) is 5.95 Å². The molecule has 0 aliphatic carbocycles. The van der Waals surface area contributed by atoms with Crippen molar-refractivity contribution in [2.45, 2.75) is 0 Å². The molecule has 3 aromatic rings. The molecule has 0 aliphatic rings. The SMILES string of the molecule is CNc1cc(-n2cnc3ccccc32)nc(N)n1. The van der Waals surface area contributed by atoms with Gasteiger partial charge >= 0.3 is 0 Å². The molecule has 0 aliphatic heterocycles. The molecule has 90 valence electrons. The first-order chi connectivity index (χ1) is 8.78. The fourth-order valence-corrected chi connectivity index (χ4v) is 1.85. The molecule has 0 saturated carbocycles. The molecule has 0 atom stereocenters. The van der Waals surface area contributed by atoms with Crippen LogP contribution < -0.4 is 11.1 Å². The van der Waals surface area contributed by atoms with Crippen molar-refractivity contribution in [3.63, 3.8) is 0 Å². The lowest BCUT2D eigenvalue weighted by Crippen LogP contribution is -2.04. The van der Waals surface area contributed by atoms with Gasteiger partial charge in [0.15, 0.2) is 0 Å². The molecule has 6 heteroatoms. The zero-order valence-electron chi connectivity index (χ0n) is 9.83. The lowest BCUT2D eigenvalue weighted by atomic mass is 10.3. The van der Waals surface area contributed by atoms with Crippen LogP contribution in [0.5, 0.6) is 0 Å². The normalized spacial score (nSPS) is 10.7. The topological polar surface area (TPSA) is 81.7 Å². The minimum Gasteiger partial charge on any atom is -0.373 e. The zero-order chi connectivity index (χ0) is 12.5. The Morgan fingerprint density at radius 1 is 1.22 bits per heavy atom. The Labute approximate surface area is 104 Å². The van der Waals surface area contributed by atoms with E-state index in [9.17, 15) is 0 Å². The third kappa shape index (κ3) is 1.64. The quantitative estimate of drug-likeness (QED) is 0.708. The summed E-state index contributed by atoms with van der Waals surface area (Å²) in [5, 5.41) is 2.95. The highest BCUT2D eigenvalue weighted by molar-refractivity contribution is 5.77. The van der Waals surface area contributed by atoms with Crippen LogP contribution in [0.2, 0.25) is 0 Å². The number of benzene rings is 1. The number of nitrogens with two attached hydrogens (primary N) is 1. The van der Waals surface area contributed by atoms with Gasteiger partial charge in [-0.25, -0.2) is 4.98 Å². The third-order valence-corrected chi connectivity index (χ3v) is 2.69. The number of nitrogen functional groups attached to an aromatic ring is 1. The minimum atomic E-state index is 0.231. The van der Waals surface area contributed by atoms with Gasteiger partial charge in [0.1, 0.15) is 18.0 Å². The van der Waals surface area contributed by atoms with Crippen molar-refractivity contribution in [3.8, 4) is 5.82 Å². The van der Waals surface area contributed by atoms with Crippen molar-refractivity contribution >= 4 is 22.8 Å². The number of aromatic nitrogens is 4. The number of nitrogens with zero attached hydrogens (tertiary/aromatic N) is 4. The first-order valence-electron chi connectivity index (χ1n) is 5.53. The van der Waals surface area contributed by atoms with E-state index in [0.29, 0.717) is 11.6 Å². The Morgan fingerprint density at radius 2 is 2.06 bits per heavy atom. The van der Waals surface area contributed by atoms with Gasteiger partial charge in [0.25, 0.3) is 0 Å². The Morgan fingerprint density at radius 3 is 2.89 bits per heavy atom. The maximum absolute atomic E-state index is 5.69. The lowest BCUT2D eigenvalue weighted by molar-refractivity contribution is 1.00. The van der Waals surface area contributed by atoms with E-state index in [4.69, 9.17) is 5.73 Å². The van der Waals surface area contributed by atoms with Crippen LogP contribution in [0.25, 0.3) is 16.9 Å². The number of hydrogen-bond donors (Lipinski definition) is 2. The van der Waals surface area contributed by atoms with Crippen LogP contribution in [0, 0.1) is 0 Å². The summed E-state index contributed by atoms with van der Waals surface area (Å²) in [4.78, 5) is 12.6. The minimum absolute atomic E-state index is 0.231.